The fraction of sp³-hybridized carbons (Fsp3) is 0.111. The number of aromatic nitrogens is 2. The number of aliphatic hydroxyl groups is 1. The molecule has 4 aromatic rings. The molecule has 24 heavy (non-hydrogen) atoms. The molecule has 0 fully saturated rings. The largest absolute Gasteiger partial charge is 0.479 e. The molecule has 0 saturated carbocycles. The first-order valence-corrected chi connectivity index (χ1v) is 8.25. The number of hydrogen-bond acceptors (Lipinski definition) is 4. The Morgan fingerprint density at radius 3 is 2.75 bits per heavy atom. The molecule has 5 nitrogen and oxygen atoms in total. The summed E-state index contributed by atoms with van der Waals surface area (Å²) in [7, 11) is 0. The molecule has 0 bridgehead atoms. The first-order valence-electron chi connectivity index (χ1n) is 7.44. The van der Waals surface area contributed by atoms with E-state index in [1.165, 1.54) is 11.3 Å². The number of thiazole rings is 1. The Bertz CT molecular complexity index is 1080. The molecule has 0 spiro atoms. The van der Waals surface area contributed by atoms with E-state index < -0.39 is 12.1 Å². The molecule has 0 saturated heterocycles. The highest BCUT2D eigenvalue weighted by Gasteiger charge is 2.28. The first-order chi connectivity index (χ1) is 11.6. The van der Waals surface area contributed by atoms with Crippen molar-refractivity contribution >= 4 is 32.5 Å². The van der Waals surface area contributed by atoms with Gasteiger partial charge in [-0.15, -0.1) is 0 Å². The number of para-hydroxylation sites is 1. The van der Waals surface area contributed by atoms with Gasteiger partial charge in [0.05, 0.1) is 21.6 Å². The third-order valence-electron chi connectivity index (χ3n) is 3.97. The number of carbonyl (C=O) groups is 1. The molecular formula is C18H14N2O3S. The molecule has 1 atom stereocenters. The zero-order valence-corrected chi connectivity index (χ0v) is 13.6. The van der Waals surface area contributed by atoms with Crippen LogP contribution in [0, 0.1) is 6.92 Å². The molecule has 0 aliphatic carbocycles. The van der Waals surface area contributed by atoms with Gasteiger partial charge < -0.3 is 10.2 Å². The summed E-state index contributed by atoms with van der Waals surface area (Å²) in [6.45, 7) is 1.96. The van der Waals surface area contributed by atoms with Gasteiger partial charge >= 0.3 is 5.97 Å². The molecule has 2 aromatic heterocycles. The SMILES string of the molecule is Cc1cccc(-c2nc3sc4ccccc4n3c2C(O)C(=O)O)c1. The smallest absolute Gasteiger partial charge is 0.338 e. The van der Waals surface area contributed by atoms with E-state index in [4.69, 9.17) is 0 Å². The molecule has 0 aliphatic rings. The number of carboxylic acids is 1. The molecule has 0 aliphatic heterocycles. The average molecular weight is 338 g/mol. The number of rotatable bonds is 3. The maximum atomic E-state index is 11.5. The van der Waals surface area contributed by atoms with Gasteiger partial charge in [-0.1, -0.05) is 47.2 Å². The maximum absolute atomic E-state index is 11.5. The van der Waals surface area contributed by atoms with Gasteiger partial charge in [-0.3, -0.25) is 4.40 Å². The second-order valence-electron chi connectivity index (χ2n) is 5.64. The van der Waals surface area contributed by atoms with Crippen molar-refractivity contribution in [2.24, 2.45) is 0 Å². The van der Waals surface area contributed by atoms with Crippen LogP contribution in [-0.4, -0.2) is 25.6 Å². The summed E-state index contributed by atoms with van der Waals surface area (Å²) in [5.41, 5.74) is 3.49. The lowest BCUT2D eigenvalue weighted by molar-refractivity contribution is -0.147. The Labute approximate surface area is 141 Å². The summed E-state index contributed by atoms with van der Waals surface area (Å²) < 4.78 is 2.74. The maximum Gasteiger partial charge on any atom is 0.338 e. The van der Waals surface area contributed by atoms with Crippen LogP contribution in [-0.2, 0) is 4.79 Å². The first kappa shape index (κ1) is 14.9. The van der Waals surface area contributed by atoms with Gasteiger partial charge in [0.15, 0.2) is 11.1 Å². The van der Waals surface area contributed by atoms with Crippen molar-refractivity contribution in [2.75, 3.05) is 0 Å². The number of aliphatic hydroxyl groups excluding tert-OH is 1. The third-order valence-corrected chi connectivity index (χ3v) is 5.00. The molecule has 6 heteroatoms. The van der Waals surface area contributed by atoms with Crippen molar-refractivity contribution in [3.63, 3.8) is 0 Å². The number of imidazole rings is 1. The Morgan fingerprint density at radius 1 is 1.21 bits per heavy atom. The predicted octanol–water partition coefficient (Wildman–Crippen LogP) is 3.64. The molecule has 0 radical (unpaired) electrons. The highest BCUT2D eigenvalue weighted by atomic mass is 32.1. The van der Waals surface area contributed by atoms with Crippen molar-refractivity contribution in [3.05, 3.63) is 59.8 Å². The molecule has 4 rings (SSSR count). The average Bonchev–Trinajstić information content (AvgIpc) is 3.09. The van der Waals surface area contributed by atoms with E-state index in [2.05, 4.69) is 4.98 Å². The van der Waals surface area contributed by atoms with E-state index in [9.17, 15) is 15.0 Å². The number of aryl methyl sites for hydroxylation is 1. The minimum atomic E-state index is -1.64. The van der Waals surface area contributed by atoms with Crippen LogP contribution in [0.1, 0.15) is 17.4 Å². The number of carboxylic acid groups (broad SMARTS) is 1. The number of benzene rings is 2. The van der Waals surface area contributed by atoms with Crippen LogP contribution in [0.15, 0.2) is 48.5 Å². The molecule has 1 unspecified atom stereocenters. The highest BCUT2D eigenvalue weighted by Crippen LogP contribution is 2.36. The van der Waals surface area contributed by atoms with Crippen molar-refractivity contribution in [3.8, 4) is 11.3 Å². The Morgan fingerprint density at radius 2 is 2.00 bits per heavy atom. The van der Waals surface area contributed by atoms with Gasteiger partial charge in [-0.05, 0) is 25.1 Å². The zero-order valence-electron chi connectivity index (χ0n) is 12.8. The minimum Gasteiger partial charge on any atom is -0.479 e. The van der Waals surface area contributed by atoms with Crippen LogP contribution < -0.4 is 0 Å². The second kappa shape index (κ2) is 5.43. The normalized spacial score (nSPS) is 12.8. The highest BCUT2D eigenvalue weighted by molar-refractivity contribution is 7.23. The molecule has 2 aromatic carbocycles. The third kappa shape index (κ3) is 2.19. The van der Waals surface area contributed by atoms with E-state index in [1.807, 2.05) is 55.5 Å². The van der Waals surface area contributed by atoms with Gasteiger partial charge in [0.2, 0.25) is 0 Å². The lowest BCUT2D eigenvalue weighted by atomic mass is 10.0. The molecule has 2 heterocycles. The van der Waals surface area contributed by atoms with Crippen molar-refractivity contribution in [2.45, 2.75) is 13.0 Å². The lowest BCUT2D eigenvalue weighted by Gasteiger charge is -2.09. The number of nitrogens with zero attached hydrogens (tertiary/aromatic N) is 2. The van der Waals surface area contributed by atoms with E-state index in [0.717, 1.165) is 21.3 Å². The Balaban J connectivity index is 2.10. The monoisotopic (exact) mass is 338 g/mol. The van der Waals surface area contributed by atoms with Gasteiger partial charge in [0.1, 0.15) is 0 Å². The topological polar surface area (TPSA) is 74.8 Å². The van der Waals surface area contributed by atoms with Crippen molar-refractivity contribution in [1.82, 2.24) is 9.38 Å². The van der Waals surface area contributed by atoms with Gasteiger partial charge in [0.25, 0.3) is 0 Å². The zero-order chi connectivity index (χ0) is 16.8. The van der Waals surface area contributed by atoms with Crippen molar-refractivity contribution < 1.29 is 15.0 Å². The number of hydrogen-bond donors (Lipinski definition) is 2. The number of aliphatic carboxylic acids is 1. The minimum absolute atomic E-state index is 0.292. The van der Waals surface area contributed by atoms with E-state index in [0.29, 0.717) is 16.3 Å². The van der Waals surface area contributed by atoms with Crippen LogP contribution in [0.25, 0.3) is 26.4 Å². The van der Waals surface area contributed by atoms with Crippen LogP contribution in [0.3, 0.4) is 0 Å². The van der Waals surface area contributed by atoms with Crippen LogP contribution in [0.2, 0.25) is 0 Å². The van der Waals surface area contributed by atoms with E-state index in [1.54, 1.807) is 4.40 Å². The summed E-state index contributed by atoms with van der Waals surface area (Å²) in [6.07, 6.45) is -1.64. The number of fused-ring (bicyclic) bond motifs is 3. The summed E-state index contributed by atoms with van der Waals surface area (Å²) in [4.78, 5) is 16.8. The lowest BCUT2D eigenvalue weighted by Crippen LogP contribution is -2.13. The summed E-state index contributed by atoms with van der Waals surface area (Å²) in [6, 6.07) is 15.3. The molecule has 2 N–H and O–H groups in total. The summed E-state index contributed by atoms with van der Waals surface area (Å²) in [5, 5.41) is 19.7. The van der Waals surface area contributed by atoms with Crippen molar-refractivity contribution in [1.29, 1.82) is 0 Å². The molecule has 120 valence electrons. The van der Waals surface area contributed by atoms with Crippen LogP contribution in [0.4, 0.5) is 0 Å². The summed E-state index contributed by atoms with van der Waals surface area (Å²) in [5.74, 6) is -1.29. The molecular weight excluding hydrogens is 324 g/mol. The summed E-state index contributed by atoms with van der Waals surface area (Å²) >= 11 is 1.47. The van der Waals surface area contributed by atoms with E-state index in [-0.39, 0.29) is 0 Å². The fourth-order valence-corrected chi connectivity index (χ4v) is 3.95. The van der Waals surface area contributed by atoms with Gasteiger partial charge in [-0.2, -0.15) is 0 Å². The predicted molar refractivity (Wildman–Crippen MR) is 93.3 cm³/mol. The van der Waals surface area contributed by atoms with Crippen LogP contribution in [0.5, 0.6) is 0 Å². The quantitative estimate of drug-likeness (QED) is 0.598. The standard InChI is InChI=1S/C18H14N2O3S/c1-10-5-4-6-11(9-10)14-15(16(21)17(22)23)20-12-7-2-3-8-13(12)24-18(20)19-14/h2-9,16,21H,1H3,(H,22,23). The van der Waals surface area contributed by atoms with E-state index >= 15 is 0 Å². The second-order valence-corrected chi connectivity index (χ2v) is 6.65. The van der Waals surface area contributed by atoms with Gasteiger partial charge in [-0.25, -0.2) is 9.78 Å². The Kier molecular flexibility index (Phi) is 3.37. The van der Waals surface area contributed by atoms with Gasteiger partial charge in [0, 0.05) is 5.56 Å². The fourth-order valence-electron chi connectivity index (χ4n) is 2.91. The molecule has 0 amide bonds. The van der Waals surface area contributed by atoms with Crippen LogP contribution >= 0.6 is 11.3 Å². The Hall–Kier alpha value is -2.70.